The predicted octanol–water partition coefficient (Wildman–Crippen LogP) is 1.93. The second kappa shape index (κ2) is 5.16. The summed E-state index contributed by atoms with van der Waals surface area (Å²) in [6.45, 7) is 0.725. The van der Waals surface area contributed by atoms with E-state index in [0.29, 0.717) is 11.9 Å². The van der Waals surface area contributed by atoms with Crippen molar-refractivity contribution in [1.82, 2.24) is 4.98 Å². The number of methoxy groups -OCH3 is 2. The Labute approximate surface area is 96.0 Å². The molecule has 1 unspecified atom stereocenters. The molecule has 1 aromatic heterocycles. The van der Waals surface area contributed by atoms with Crippen molar-refractivity contribution in [1.29, 1.82) is 0 Å². The number of aromatic nitrogens is 1. The Morgan fingerprint density at radius 2 is 2.31 bits per heavy atom. The van der Waals surface area contributed by atoms with Gasteiger partial charge in [-0.05, 0) is 30.9 Å². The van der Waals surface area contributed by atoms with E-state index in [1.165, 1.54) is 12.8 Å². The summed E-state index contributed by atoms with van der Waals surface area (Å²) in [5, 5.41) is 3.45. The predicted molar refractivity (Wildman–Crippen MR) is 62.8 cm³/mol. The summed E-state index contributed by atoms with van der Waals surface area (Å²) >= 11 is 0. The third kappa shape index (κ3) is 2.64. The maximum Gasteiger partial charge on any atom is 0.237 e. The highest BCUT2D eigenvalue weighted by atomic mass is 16.5. The fourth-order valence-corrected chi connectivity index (χ4v) is 1.84. The van der Waals surface area contributed by atoms with E-state index in [0.717, 1.165) is 18.2 Å². The van der Waals surface area contributed by atoms with E-state index in [9.17, 15) is 0 Å². The van der Waals surface area contributed by atoms with Crippen LogP contribution in [0.4, 0.5) is 5.69 Å². The highest BCUT2D eigenvalue weighted by Crippen LogP contribution is 2.35. The summed E-state index contributed by atoms with van der Waals surface area (Å²) in [5.41, 5.74) is 0.943. The van der Waals surface area contributed by atoms with E-state index in [4.69, 9.17) is 9.47 Å². The molecule has 1 aromatic rings. The quantitative estimate of drug-likeness (QED) is 0.798. The van der Waals surface area contributed by atoms with Crippen LogP contribution in [0.25, 0.3) is 0 Å². The summed E-state index contributed by atoms with van der Waals surface area (Å²) in [7, 11) is 3.37. The van der Waals surface area contributed by atoms with Gasteiger partial charge in [0.2, 0.25) is 5.88 Å². The first-order chi connectivity index (χ1) is 7.85. The van der Waals surface area contributed by atoms with Gasteiger partial charge in [-0.2, -0.15) is 0 Å². The third-order valence-corrected chi connectivity index (χ3v) is 2.84. The average Bonchev–Trinajstić information content (AvgIpc) is 3.13. The van der Waals surface area contributed by atoms with Crippen molar-refractivity contribution in [2.75, 3.05) is 26.1 Å². The first-order valence-corrected chi connectivity index (χ1v) is 5.59. The second-order valence-corrected chi connectivity index (χ2v) is 4.10. The molecular formula is C12H18N2O2. The van der Waals surface area contributed by atoms with E-state index >= 15 is 0 Å². The van der Waals surface area contributed by atoms with E-state index in [2.05, 4.69) is 10.3 Å². The van der Waals surface area contributed by atoms with Crippen LogP contribution < -0.4 is 10.1 Å². The van der Waals surface area contributed by atoms with Gasteiger partial charge in [-0.3, -0.25) is 0 Å². The second-order valence-electron chi connectivity index (χ2n) is 4.10. The van der Waals surface area contributed by atoms with E-state index < -0.39 is 0 Å². The fourth-order valence-electron chi connectivity index (χ4n) is 1.84. The Morgan fingerprint density at radius 1 is 1.50 bits per heavy atom. The van der Waals surface area contributed by atoms with Gasteiger partial charge in [0.15, 0.2) is 0 Å². The molecule has 1 heterocycles. The van der Waals surface area contributed by atoms with Gasteiger partial charge in [0.05, 0.1) is 25.4 Å². The van der Waals surface area contributed by atoms with Crippen molar-refractivity contribution in [2.24, 2.45) is 5.92 Å². The van der Waals surface area contributed by atoms with Gasteiger partial charge >= 0.3 is 0 Å². The molecule has 4 nitrogen and oxygen atoms in total. The molecule has 0 radical (unpaired) electrons. The Morgan fingerprint density at radius 3 is 2.94 bits per heavy atom. The zero-order valence-corrected chi connectivity index (χ0v) is 9.77. The van der Waals surface area contributed by atoms with Crippen LogP contribution in [-0.4, -0.2) is 31.9 Å². The minimum atomic E-state index is 0.364. The van der Waals surface area contributed by atoms with Gasteiger partial charge in [0.1, 0.15) is 0 Å². The Hall–Kier alpha value is -1.29. The lowest BCUT2D eigenvalue weighted by atomic mass is 10.2. The van der Waals surface area contributed by atoms with Gasteiger partial charge in [0, 0.05) is 13.3 Å². The molecule has 0 amide bonds. The molecule has 1 aliphatic carbocycles. The van der Waals surface area contributed by atoms with Gasteiger partial charge in [-0.25, -0.2) is 4.98 Å². The van der Waals surface area contributed by atoms with Crippen LogP contribution in [0.3, 0.4) is 0 Å². The number of nitrogens with one attached hydrogen (secondary N) is 1. The largest absolute Gasteiger partial charge is 0.480 e. The van der Waals surface area contributed by atoms with Gasteiger partial charge in [-0.15, -0.1) is 0 Å². The molecule has 1 aliphatic rings. The van der Waals surface area contributed by atoms with E-state index in [1.54, 1.807) is 20.4 Å². The van der Waals surface area contributed by atoms with Crippen molar-refractivity contribution < 1.29 is 9.47 Å². The molecule has 1 saturated carbocycles. The molecule has 16 heavy (non-hydrogen) atoms. The molecule has 1 fully saturated rings. The van der Waals surface area contributed by atoms with Crippen molar-refractivity contribution in [3.05, 3.63) is 18.3 Å². The summed E-state index contributed by atoms with van der Waals surface area (Å²) in [5.74, 6) is 1.37. The zero-order valence-electron chi connectivity index (χ0n) is 9.77. The molecular weight excluding hydrogens is 204 g/mol. The maximum absolute atomic E-state index is 5.23. The lowest BCUT2D eigenvalue weighted by molar-refractivity contribution is 0.179. The van der Waals surface area contributed by atoms with Crippen molar-refractivity contribution in [3.8, 4) is 5.88 Å². The average molecular weight is 222 g/mol. The number of pyridine rings is 1. The standard InChI is InChI=1S/C12H18N2O2/c1-15-8-11(9-5-6-9)14-10-4-3-7-13-12(10)16-2/h3-4,7,9,11,14H,5-6,8H2,1-2H3. The molecule has 0 aliphatic heterocycles. The first kappa shape index (κ1) is 11.2. The molecule has 2 rings (SSSR count). The molecule has 0 bridgehead atoms. The summed E-state index contributed by atoms with van der Waals surface area (Å²) in [6, 6.07) is 4.25. The molecule has 1 atom stereocenters. The van der Waals surface area contributed by atoms with Gasteiger partial charge in [0.25, 0.3) is 0 Å². The summed E-state index contributed by atoms with van der Waals surface area (Å²) in [6.07, 6.45) is 4.29. The molecule has 0 aromatic carbocycles. The normalized spacial score (nSPS) is 16.9. The monoisotopic (exact) mass is 222 g/mol. The number of rotatable bonds is 6. The Kier molecular flexibility index (Phi) is 3.62. The van der Waals surface area contributed by atoms with Crippen molar-refractivity contribution in [2.45, 2.75) is 18.9 Å². The van der Waals surface area contributed by atoms with Crippen LogP contribution in [0, 0.1) is 5.92 Å². The minimum Gasteiger partial charge on any atom is -0.480 e. The van der Waals surface area contributed by atoms with Gasteiger partial charge < -0.3 is 14.8 Å². The third-order valence-electron chi connectivity index (χ3n) is 2.84. The van der Waals surface area contributed by atoms with Crippen LogP contribution in [0.1, 0.15) is 12.8 Å². The van der Waals surface area contributed by atoms with Gasteiger partial charge in [-0.1, -0.05) is 0 Å². The number of hydrogen-bond acceptors (Lipinski definition) is 4. The Balaban J connectivity index is 2.05. The summed E-state index contributed by atoms with van der Waals surface area (Å²) in [4.78, 5) is 4.16. The van der Waals surface area contributed by atoms with E-state index in [-0.39, 0.29) is 0 Å². The van der Waals surface area contributed by atoms with Crippen LogP contribution >= 0.6 is 0 Å². The molecule has 4 heteroatoms. The molecule has 1 N–H and O–H groups in total. The van der Waals surface area contributed by atoms with E-state index in [1.807, 2.05) is 12.1 Å². The van der Waals surface area contributed by atoms with Crippen molar-refractivity contribution in [3.63, 3.8) is 0 Å². The first-order valence-electron chi connectivity index (χ1n) is 5.59. The highest BCUT2D eigenvalue weighted by Gasteiger charge is 2.31. The molecule has 88 valence electrons. The number of nitrogens with zero attached hydrogens (tertiary/aromatic N) is 1. The lowest BCUT2D eigenvalue weighted by Crippen LogP contribution is -2.27. The van der Waals surface area contributed by atoms with Crippen LogP contribution in [0.15, 0.2) is 18.3 Å². The Bertz CT molecular complexity index is 340. The highest BCUT2D eigenvalue weighted by molar-refractivity contribution is 5.52. The fraction of sp³-hybridized carbons (Fsp3) is 0.583. The van der Waals surface area contributed by atoms with Crippen LogP contribution in [0.2, 0.25) is 0 Å². The SMILES string of the molecule is COCC(Nc1cccnc1OC)C1CC1. The van der Waals surface area contributed by atoms with Crippen LogP contribution in [-0.2, 0) is 4.74 Å². The van der Waals surface area contributed by atoms with Crippen LogP contribution in [0.5, 0.6) is 5.88 Å². The number of ether oxygens (including phenoxy) is 2. The topological polar surface area (TPSA) is 43.4 Å². The molecule has 0 saturated heterocycles. The lowest BCUT2D eigenvalue weighted by Gasteiger charge is -2.19. The van der Waals surface area contributed by atoms with Crippen molar-refractivity contribution >= 4 is 5.69 Å². The smallest absolute Gasteiger partial charge is 0.237 e. The zero-order chi connectivity index (χ0) is 11.4. The molecule has 0 spiro atoms. The number of anilines is 1. The number of hydrogen-bond donors (Lipinski definition) is 1. The maximum atomic E-state index is 5.23. The minimum absolute atomic E-state index is 0.364. The summed E-state index contributed by atoms with van der Waals surface area (Å²) < 4.78 is 10.4.